The molecule has 0 heterocycles. The molecule has 8 nitrogen and oxygen atoms in total. The average molecular weight is 519 g/mol. The number of aliphatic hydroxyl groups excluding tert-OH is 1. The molecule has 1 amide bonds. The average Bonchev–Trinajstić information content (AvgIpc) is 2.72. The minimum Gasteiger partial charge on any atom is -0.492 e. The van der Waals surface area contributed by atoms with Crippen molar-refractivity contribution in [3.63, 3.8) is 0 Å². The highest BCUT2D eigenvalue weighted by Gasteiger charge is 2.31. The minimum atomic E-state index is -4.93. The smallest absolute Gasteiger partial charge is 0.492 e. The molecule has 0 saturated carbocycles. The SMILES string of the molecule is CCOc1cc(NC(=O)C(CCO)CC(C)C)ccc1S(=O)(=O)Nc1cccc(OC(F)(F)F)c1. The second kappa shape index (κ2) is 12.1. The van der Waals surface area contributed by atoms with E-state index in [0.717, 1.165) is 12.1 Å². The van der Waals surface area contributed by atoms with E-state index in [-0.39, 0.29) is 47.8 Å². The Labute approximate surface area is 202 Å². The number of aliphatic hydroxyl groups is 1. The van der Waals surface area contributed by atoms with Crippen LogP contribution in [-0.2, 0) is 14.8 Å². The standard InChI is InChI=1S/C23H29F3N2O6S/c1-4-33-20-14-17(27-22(30)16(10-11-29)12-15(2)3)8-9-21(20)35(31,32)28-18-6-5-7-19(13-18)34-23(24,25)26/h5-9,13-16,28-29H,4,10-12H2,1-3H3,(H,27,30). The third-order valence-electron chi connectivity index (χ3n) is 4.72. The molecule has 1 atom stereocenters. The molecule has 0 aliphatic rings. The van der Waals surface area contributed by atoms with Crippen LogP contribution in [0.5, 0.6) is 11.5 Å². The minimum absolute atomic E-state index is 0.0527. The van der Waals surface area contributed by atoms with Crippen LogP contribution in [0.3, 0.4) is 0 Å². The number of halogens is 3. The van der Waals surface area contributed by atoms with Crippen LogP contribution < -0.4 is 19.5 Å². The van der Waals surface area contributed by atoms with E-state index in [4.69, 9.17) is 4.74 Å². The van der Waals surface area contributed by atoms with Gasteiger partial charge in [-0.05, 0) is 49.9 Å². The fourth-order valence-electron chi connectivity index (χ4n) is 3.37. The summed E-state index contributed by atoms with van der Waals surface area (Å²) < 4.78 is 74.9. The van der Waals surface area contributed by atoms with E-state index in [0.29, 0.717) is 12.1 Å². The Kier molecular flexibility index (Phi) is 9.78. The maximum Gasteiger partial charge on any atom is 0.573 e. The van der Waals surface area contributed by atoms with Crippen LogP contribution in [0, 0.1) is 11.8 Å². The first-order valence-electron chi connectivity index (χ1n) is 10.9. The molecule has 3 N–H and O–H groups in total. The highest BCUT2D eigenvalue weighted by Crippen LogP contribution is 2.31. The van der Waals surface area contributed by atoms with Crippen LogP contribution in [-0.4, -0.2) is 39.0 Å². The summed E-state index contributed by atoms with van der Waals surface area (Å²) in [5.74, 6) is -1.14. The molecule has 0 saturated heterocycles. The zero-order valence-electron chi connectivity index (χ0n) is 19.6. The number of sulfonamides is 1. The van der Waals surface area contributed by atoms with Crippen molar-refractivity contribution in [2.24, 2.45) is 11.8 Å². The van der Waals surface area contributed by atoms with Crippen LogP contribution in [0.1, 0.15) is 33.6 Å². The van der Waals surface area contributed by atoms with Gasteiger partial charge in [-0.1, -0.05) is 19.9 Å². The molecule has 0 aliphatic heterocycles. The zero-order valence-corrected chi connectivity index (χ0v) is 20.4. The Morgan fingerprint density at radius 3 is 2.43 bits per heavy atom. The summed E-state index contributed by atoms with van der Waals surface area (Å²) in [4.78, 5) is 12.4. The van der Waals surface area contributed by atoms with Crippen LogP contribution in [0.25, 0.3) is 0 Å². The van der Waals surface area contributed by atoms with E-state index in [2.05, 4.69) is 14.8 Å². The normalized spacial score (nSPS) is 12.8. The second-order valence-electron chi connectivity index (χ2n) is 8.10. The van der Waals surface area contributed by atoms with Gasteiger partial charge in [-0.25, -0.2) is 8.42 Å². The van der Waals surface area contributed by atoms with Crippen molar-refractivity contribution in [1.82, 2.24) is 0 Å². The molecule has 0 aliphatic carbocycles. The Hall–Kier alpha value is -2.99. The van der Waals surface area contributed by atoms with E-state index in [9.17, 15) is 31.5 Å². The molecule has 0 radical (unpaired) electrons. The number of anilines is 2. The lowest BCUT2D eigenvalue weighted by molar-refractivity contribution is -0.274. The quantitative estimate of drug-likeness (QED) is 0.373. The van der Waals surface area contributed by atoms with Gasteiger partial charge in [0.15, 0.2) is 0 Å². The largest absolute Gasteiger partial charge is 0.573 e. The van der Waals surface area contributed by atoms with Gasteiger partial charge in [0.2, 0.25) is 5.91 Å². The summed E-state index contributed by atoms with van der Waals surface area (Å²) in [5, 5.41) is 12.0. The number of hydrogen-bond donors (Lipinski definition) is 3. The lowest BCUT2D eigenvalue weighted by atomic mass is 9.93. The highest BCUT2D eigenvalue weighted by atomic mass is 32.2. The molecular weight excluding hydrogens is 489 g/mol. The zero-order chi connectivity index (χ0) is 26.2. The maximum atomic E-state index is 13.0. The molecule has 12 heteroatoms. The van der Waals surface area contributed by atoms with Gasteiger partial charge in [0, 0.05) is 30.3 Å². The Morgan fingerprint density at radius 1 is 1.11 bits per heavy atom. The number of rotatable bonds is 12. The number of amides is 1. The predicted octanol–water partition coefficient (Wildman–Crippen LogP) is 4.77. The summed E-state index contributed by atoms with van der Waals surface area (Å²) in [6.07, 6.45) is -4.07. The van der Waals surface area contributed by atoms with Gasteiger partial charge in [-0.3, -0.25) is 9.52 Å². The number of ether oxygens (including phenoxy) is 2. The highest BCUT2D eigenvalue weighted by molar-refractivity contribution is 7.92. The monoisotopic (exact) mass is 518 g/mol. The number of carbonyl (C=O) groups is 1. The summed E-state index contributed by atoms with van der Waals surface area (Å²) in [5.41, 5.74) is 0.150. The van der Waals surface area contributed by atoms with E-state index >= 15 is 0 Å². The van der Waals surface area contributed by atoms with Gasteiger partial charge in [0.05, 0.1) is 12.3 Å². The summed E-state index contributed by atoms with van der Waals surface area (Å²) in [7, 11) is -4.27. The fraction of sp³-hybridized carbons (Fsp3) is 0.435. The van der Waals surface area contributed by atoms with Crippen molar-refractivity contribution in [3.8, 4) is 11.5 Å². The Morgan fingerprint density at radius 2 is 1.83 bits per heavy atom. The first-order valence-corrected chi connectivity index (χ1v) is 12.4. The number of nitrogens with one attached hydrogen (secondary N) is 2. The molecular formula is C23H29F3N2O6S. The van der Waals surface area contributed by atoms with Gasteiger partial charge >= 0.3 is 6.36 Å². The van der Waals surface area contributed by atoms with Gasteiger partial charge in [0.25, 0.3) is 10.0 Å². The van der Waals surface area contributed by atoms with Crippen molar-refractivity contribution in [2.45, 2.75) is 44.9 Å². The molecule has 2 rings (SSSR count). The molecule has 0 fully saturated rings. The van der Waals surface area contributed by atoms with Gasteiger partial charge in [-0.2, -0.15) is 0 Å². The Balaban J connectivity index is 2.28. The van der Waals surface area contributed by atoms with Crippen molar-refractivity contribution < 1.29 is 41.0 Å². The molecule has 35 heavy (non-hydrogen) atoms. The van der Waals surface area contributed by atoms with Crippen LogP contribution in [0.4, 0.5) is 24.5 Å². The van der Waals surface area contributed by atoms with E-state index in [1.807, 2.05) is 13.8 Å². The lowest BCUT2D eigenvalue weighted by Gasteiger charge is -2.19. The maximum absolute atomic E-state index is 13.0. The van der Waals surface area contributed by atoms with Gasteiger partial charge < -0.3 is 19.9 Å². The summed E-state index contributed by atoms with van der Waals surface area (Å²) in [6, 6.07) is 8.37. The second-order valence-corrected chi connectivity index (χ2v) is 9.75. The molecule has 0 spiro atoms. The van der Waals surface area contributed by atoms with E-state index < -0.39 is 28.1 Å². The number of carbonyl (C=O) groups excluding carboxylic acids is 1. The number of hydrogen-bond acceptors (Lipinski definition) is 6. The van der Waals surface area contributed by atoms with Crippen LogP contribution in [0.2, 0.25) is 0 Å². The molecule has 0 bridgehead atoms. The van der Waals surface area contributed by atoms with E-state index in [1.165, 1.54) is 30.3 Å². The molecule has 2 aromatic carbocycles. The topological polar surface area (TPSA) is 114 Å². The fourth-order valence-corrected chi connectivity index (χ4v) is 4.55. The molecule has 1 unspecified atom stereocenters. The molecule has 194 valence electrons. The van der Waals surface area contributed by atoms with Crippen molar-refractivity contribution in [1.29, 1.82) is 0 Å². The number of alkyl halides is 3. The van der Waals surface area contributed by atoms with Gasteiger partial charge in [0.1, 0.15) is 16.4 Å². The van der Waals surface area contributed by atoms with Crippen molar-refractivity contribution >= 4 is 27.3 Å². The third kappa shape index (κ3) is 8.95. The van der Waals surface area contributed by atoms with E-state index in [1.54, 1.807) is 6.92 Å². The van der Waals surface area contributed by atoms with Crippen LogP contribution in [0.15, 0.2) is 47.4 Å². The third-order valence-corrected chi connectivity index (χ3v) is 6.15. The summed E-state index contributed by atoms with van der Waals surface area (Å²) >= 11 is 0. The molecule has 2 aromatic rings. The van der Waals surface area contributed by atoms with Gasteiger partial charge in [-0.15, -0.1) is 13.2 Å². The number of benzene rings is 2. The van der Waals surface area contributed by atoms with Crippen LogP contribution >= 0.6 is 0 Å². The first kappa shape index (κ1) is 28.2. The summed E-state index contributed by atoms with van der Waals surface area (Å²) in [6.45, 7) is 5.54. The van der Waals surface area contributed by atoms with Crippen molar-refractivity contribution in [2.75, 3.05) is 23.3 Å². The van der Waals surface area contributed by atoms with Crippen molar-refractivity contribution in [3.05, 3.63) is 42.5 Å². The predicted molar refractivity (Wildman–Crippen MR) is 125 cm³/mol. The lowest BCUT2D eigenvalue weighted by Crippen LogP contribution is -2.25. The Bertz CT molecular complexity index is 1110. The first-order chi connectivity index (χ1) is 16.3. The molecule has 0 aromatic heterocycles.